The van der Waals surface area contributed by atoms with Crippen molar-refractivity contribution < 1.29 is 0 Å². The zero-order valence-corrected chi connectivity index (χ0v) is 15.5. The number of benzene rings is 2. The molecule has 0 amide bonds. The molecule has 0 spiro atoms. The van der Waals surface area contributed by atoms with Gasteiger partial charge in [-0.05, 0) is 79.7 Å². The Balaban J connectivity index is 1.53. The average Bonchev–Trinajstić information content (AvgIpc) is 2.72. The van der Waals surface area contributed by atoms with Crippen LogP contribution in [0.25, 0.3) is 0 Å². The summed E-state index contributed by atoms with van der Waals surface area (Å²) < 4.78 is 0. The molecule has 1 atom stereocenters. The summed E-state index contributed by atoms with van der Waals surface area (Å²) in [6, 6.07) is 19.3. The number of aryl methyl sites for hydroxylation is 2. The summed E-state index contributed by atoms with van der Waals surface area (Å²) >= 11 is 0. The van der Waals surface area contributed by atoms with Crippen LogP contribution in [0.3, 0.4) is 0 Å². The maximum absolute atomic E-state index is 8.86. The van der Waals surface area contributed by atoms with E-state index in [1.807, 2.05) is 18.2 Å². The van der Waals surface area contributed by atoms with E-state index >= 15 is 0 Å². The Bertz CT molecular complexity index is 788. The standard InChI is InChI=1S/C25H27N/c1-2-3-4-20-11-15-24(16-12-20)25-17-13-22(14-18-25)6-5-21-7-9-23(19-26)10-8-21/h2,7-11,13-14,17-18,24H,1,3-6,12,15-16H2. The third-order valence-corrected chi connectivity index (χ3v) is 5.41. The molecule has 1 aliphatic rings. The van der Waals surface area contributed by atoms with E-state index in [0.717, 1.165) is 24.8 Å². The van der Waals surface area contributed by atoms with Gasteiger partial charge in [-0.2, -0.15) is 5.26 Å². The molecule has 0 aromatic heterocycles. The first-order valence-corrected chi connectivity index (χ1v) is 9.65. The van der Waals surface area contributed by atoms with Gasteiger partial charge in [0.1, 0.15) is 0 Å². The van der Waals surface area contributed by atoms with Gasteiger partial charge in [0.15, 0.2) is 0 Å². The molecule has 1 heteroatoms. The van der Waals surface area contributed by atoms with E-state index in [4.69, 9.17) is 5.26 Å². The minimum Gasteiger partial charge on any atom is -0.192 e. The second-order valence-corrected chi connectivity index (χ2v) is 7.21. The lowest BCUT2D eigenvalue weighted by Gasteiger charge is -2.22. The Kier molecular flexibility index (Phi) is 6.45. The van der Waals surface area contributed by atoms with Crippen molar-refractivity contribution in [1.82, 2.24) is 0 Å². The van der Waals surface area contributed by atoms with Crippen molar-refractivity contribution in [2.24, 2.45) is 0 Å². The molecule has 1 unspecified atom stereocenters. The monoisotopic (exact) mass is 341 g/mol. The molecule has 1 nitrogen and oxygen atoms in total. The van der Waals surface area contributed by atoms with Crippen LogP contribution in [-0.2, 0) is 12.8 Å². The highest BCUT2D eigenvalue weighted by Crippen LogP contribution is 2.33. The Morgan fingerprint density at radius 1 is 0.962 bits per heavy atom. The smallest absolute Gasteiger partial charge is 0.0991 e. The lowest BCUT2D eigenvalue weighted by molar-refractivity contribution is 0.586. The van der Waals surface area contributed by atoms with E-state index in [-0.39, 0.29) is 0 Å². The van der Waals surface area contributed by atoms with Crippen LogP contribution in [0.4, 0.5) is 0 Å². The highest BCUT2D eigenvalue weighted by Gasteiger charge is 2.15. The van der Waals surface area contributed by atoms with Gasteiger partial charge in [0, 0.05) is 0 Å². The summed E-state index contributed by atoms with van der Waals surface area (Å²) in [6.07, 6.45) is 12.5. The van der Waals surface area contributed by atoms with Crippen LogP contribution in [0.1, 0.15) is 60.3 Å². The van der Waals surface area contributed by atoms with E-state index in [9.17, 15) is 0 Å². The van der Waals surface area contributed by atoms with E-state index < -0.39 is 0 Å². The summed E-state index contributed by atoms with van der Waals surface area (Å²) in [7, 11) is 0. The third-order valence-electron chi connectivity index (χ3n) is 5.41. The minimum absolute atomic E-state index is 0.676. The molecule has 3 rings (SSSR count). The summed E-state index contributed by atoms with van der Waals surface area (Å²) in [5.41, 5.74) is 6.49. The van der Waals surface area contributed by atoms with Crippen molar-refractivity contribution in [2.45, 2.75) is 50.9 Å². The molecule has 0 heterocycles. The molecule has 2 aromatic carbocycles. The molecular formula is C25H27N. The van der Waals surface area contributed by atoms with Crippen LogP contribution in [0.5, 0.6) is 0 Å². The number of hydrogen-bond acceptors (Lipinski definition) is 1. The van der Waals surface area contributed by atoms with Crippen molar-refractivity contribution in [1.29, 1.82) is 5.26 Å². The van der Waals surface area contributed by atoms with Gasteiger partial charge < -0.3 is 0 Å². The van der Waals surface area contributed by atoms with Crippen LogP contribution in [0.2, 0.25) is 0 Å². The summed E-state index contributed by atoms with van der Waals surface area (Å²) in [4.78, 5) is 0. The fourth-order valence-corrected chi connectivity index (χ4v) is 3.70. The van der Waals surface area contributed by atoms with Gasteiger partial charge in [-0.15, -0.1) is 6.58 Å². The van der Waals surface area contributed by atoms with Crippen molar-refractivity contribution in [3.05, 3.63) is 95.1 Å². The van der Waals surface area contributed by atoms with Crippen LogP contribution in [0.15, 0.2) is 72.8 Å². The quantitative estimate of drug-likeness (QED) is 0.527. The molecule has 0 saturated carbocycles. The van der Waals surface area contributed by atoms with Crippen LogP contribution < -0.4 is 0 Å². The second-order valence-electron chi connectivity index (χ2n) is 7.21. The first kappa shape index (κ1) is 18.2. The topological polar surface area (TPSA) is 23.8 Å². The Hall–Kier alpha value is -2.59. The molecule has 1 aliphatic carbocycles. The number of hydrogen-bond donors (Lipinski definition) is 0. The lowest BCUT2D eigenvalue weighted by Crippen LogP contribution is -2.04. The largest absolute Gasteiger partial charge is 0.192 e. The van der Waals surface area contributed by atoms with E-state index in [2.05, 4.69) is 55.1 Å². The molecule has 2 aromatic rings. The molecule has 0 bridgehead atoms. The van der Waals surface area contributed by atoms with Crippen molar-refractivity contribution in [3.8, 4) is 6.07 Å². The lowest BCUT2D eigenvalue weighted by atomic mass is 9.83. The number of nitriles is 1. The Labute approximate surface area is 157 Å². The Morgan fingerprint density at radius 3 is 2.15 bits per heavy atom. The van der Waals surface area contributed by atoms with Crippen molar-refractivity contribution >= 4 is 0 Å². The molecule has 132 valence electrons. The van der Waals surface area contributed by atoms with Gasteiger partial charge in [-0.3, -0.25) is 0 Å². The maximum atomic E-state index is 8.86. The van der Waals surface area contributed by atoms with Gasteiger partial charge in [-0.25, -0.2) is 0 Å². The van der Waals surface area contributed by atoms with E-state index in [0.29, 0.717) is 5.92 Å². The zero-order chi connectivity index (χ0) is 18.2. The summed E-state index contributed by atoms with van der Waals surface area (Å²) in [5.74, 6) is 0.676. The predicted octanol–water partition coefficient (Wildman–Crippen LogP) is 6.50. The van der Waals surface area contributed by atoms with Gasteiger partial charge in [0.05, 0.1) is 11.6 Å². The molecule has 0 aliphatic heterocycles. The van der Waals surface area contributed by atoms with Gasteiger partial charge in [-0.1, -0.05) is 54.1 Å². The van der Waals surface area contributed by atoms with Gasteiger partial charge in [0.2, 0.25) is 0 Å². The Morgan fingerprint density at radius 2 is 1.62 bits per heavy atom. The number of nitrogens with zero attached hydrogens (tertiary/aromatic N) is 1. The number of rotatable bonds is 7. The molecule has 0 saturated heterocycles. The van der Waals surface area contributed by atoms with Gasteiger partial charge >= 0.3 is 0 Å². The highest BCUT2D eigenvalue weighted by atomic mass is 14.2. The highest BCUT2D eigenvalue weighted by molar-refractivity contribution is 5.33. The summed E-state index contributed by atoms with van der Waals surface area (Å²) in [5, 5.41) is 8.86. The first-order valence-electron chi connectivity index (χ1n) is 9.65. The second kappa shape index (κ2) is 9.20. The minimum atomic E-state index is 0.676. The van der Waals surface area contributed by atoms with Gasteiger partial charge in [0.25, 0.3) is 0 Å². The van der Waals surface area contributed by atoms with E-state index in [1.54, 1.807) is 5.57 Å². The van der Waals surface area contributed by atoms with Crippen molar-refractivity contribution in [3.63, 3.8) is 0 Å². The maximum Gasteiger partial charge on any atom is 0.0991 e. The molecule has 0 radical (unpaired) electrons. The predicted molar refractivity (Wildman–Crippen MR) is 109 cm³/mol. The van der Waals surface area contributed by atoms with Crippen molar-refractivity contribution in [2.75, 3.05) is 0 Å². The van der Waals surface area contributed by atoms with Crippen LogP contribution in [0, 0.1) is 11.3 Å². The van der Waals surface area contributed by atoms with Crippen LogP contribution >= 0.6 is 0 Å². The third kappa shape index (κ3) is 4.96. The normalized spacial score (nSPS) is 16.6. The first-order chi connectivity index (χ1) is 12.8. The fraction of sp³-hybridized carbons (Fsp3) is 0.320. The van der Waals surface area contributed by atoms with Crippen LogP contribution in [-0.4, -0.2) is 0 Å². The zero-order valence-electron chi connectivity index (χ0n) is 15.5. The molecular weight excluding hydrogens is 314 g/mol. The fourth-order valence-electron chi connectivity index (χ4n) is 3.70. The summed E-state index contributed by atoms with van der Waals surface area (Å²) in [6.45, 7) is 3.82. The number of allylic oxidation sites excluding steroid dienone is 3. The van der Waals surface area contributed by atoms with E-state index in [1.165, 1.54) is 42.4 Å². The molecule has 0 fully saturated rings. The molecule has 0 N–H and O–H groups in total. The SMILES string of the molecule is C=CCCC1=CCC(c2ccc(CCc3ccc(C#N)cc3)cc2)CC1. The molecule has 26 heavy (non-hydrogen) atoms. The average molecular weight is 341 g/mol.